The first kappa shape index (κ1) is 12.1. The average Bonchev–Trinajstić information content (AvgIpc) is 2.90. The van der Waals surface area contributed by atoms with E-state index in [9.17, 15) is 0 Å². The minimum Gasteiger partial charge on any atom is -0.449 e. The SMILES string of the molecule is Cc1c(Cn2[c-]ncc2)nc2ccccn12.[W+2]. The predicted molar refractivity (Wildman–Crippen MR) is 60.1 cm³/mol. The fourth-order valence-corrected chi connectivity index (χ4v) is 1.82. The van der Waals surface area contributed by atoms with Crippen LogP contribution in [0.1, 0.15) is 11.4 Å². The van der Waals surface area contributed by atoms with E-state index in [4.69, 9.17) is 0 Å². The summed E-state index contributed by atoms with van der Waals surface area (Å²) in [5.74, 6) is 0. The Morgan fingerprint density at radius 2 is 2.18 bits per heavy atom. The van der Waals surface area contributed by atoms with Crippen molar-refractivity contribution < 1.29 is 21.1 Å². The van der Waals surface area contributed by atoms with Gasteiger partial charge in [0.15, 0.2) is 0 Å². The molecule has 0 aromatic carbocycles. The topological polar surface area (TPSA) is 35.1 Å². The Bertz CT molecular complexity index is 613. The first-order chi connectivity index (χ1) is 7.84. The number of hydrogen-bond donors (Lipinski definition) is 0. The van der Waals surface area contributed by atoms with E-state index < -0.39 is 0 Å². The Morgan fingerprint density at radius 1 is 1.29 bits per heavy atom. The van der Waals surface area contributed by atoms with E-state index in [1.54, 1.807) is 6.20 Å². The standard InChI is InChI=1S/C12H11N4.W/c1-10-11(8-15-7-5-13-9-15)14-12-4-2-3-6-16(10)12;/h2-7H,8H2,1H3;/q-1;+2. The normalized spacial score (nSPS) is 10.4. The van der Waals surface area contributed by atoms with E-state index in [2.05, 4.69) is 27.6 Å². The van der Waals surface area contributed by atoms with Crippen molar-refractivity contribution in [2.24, 2.45) is 0 Å². The molecule has 17 heavy (non-hydrogen) atoms. The van der Waals surface area contributed by atoms with Crippen LogP contribution in [0.4, 0.5) is 0 Å². The molecular formula is C12H11N4W+. The van der Waals surface area contributed by atoms with Gasteiger partial charge in [-0.05, 0) is 19.1 Å². The monoisotopic (exact) mass is 395 g/mol. The fraction of sp³-hybridized carbons (Fsp3) is 0.167. The number of hydrogen-bond acceptors (Lipinski definition) is 2. The summed E-state index contributed by atoms with van der Waals surface area (Å²) in [6, 6.07) is 6.01. The van der Waals surface area contributed by atoms with Crippen molar-refractivity contribution in [3.8, 4) is 0 Å². The van der Waals surface area contributed by atoms with Crippen molar-refractivity contribution in [2.45, 2.75) is 13.5 Å². The number of rotatable bonds is 2. The van der Waals surface area contributed by atoms with Crippen LogP contribution < -0.4 is 0 Å². The molecule has 5 heteroatoms. The molecule has 0 spiro atoms. The summed E-state index contributed by atoms with van der Waals surface area (Å²) >= 11 is 0. The molecule has 0 aliphatic carbocycles. The first-order valence-corrected chi connectivity index (χ1v) is 5.16. The van der Waals surface area contributed by atoms with E-state index in [1.165, 1.54) is 0 Å². The third-order valence-corrected chi connectivity index (χ3v) is 2.69. The van der Waals surface area contributed by atoms with E-state index in [1.807, 2.05) is 35.2 Å². The number of aromatic nitrogens is 4. The molecule has 0 N–H and O–H groups in total. The molecule has 84 valence electrons. The number of nitrogens with zero attached hydrogens (tertiary/aromatic N) is 4. The van der Waals surface area contributed by atoms with Gasteiger partial charge >= 0.3 is 21.1 Å². The summed E-state index contributed by atoms with van der Waals surface area (Å²) in [5, 5.41) is 0. The van der Waals surface area contributed by atoms with Crippen LogP contribution >= 0.6 is 0 Å². The van der Waals surface area contributed by atoms with Gasteiger partial charge in [-0.15, -0.1) is 12.4 Å². The maximum Gasteiger partial charge on any atom is 2.00 e. The molecule has 3 heterocycles. The van der Waals surface area contributed by atoms with E-state index in [0.717, 1.165) is 17.0 Å². The van der Waals surface area contributed by atoms with Crippen molar-refractivity contribution in [1.29, 1.82) is 0 Å². The zero-order chi connectivity index (χ0) is 11.0. The van der Waals surface area contributed by atoms with Crippen LogP contribution in [-0.4, -0.2) is 18.9 Å². The molecule has 0 saturated heterocycles. The second kappa shape index (κ2) is 4.84. The van der Waals surface area contributed by atoms with E-state index in [-0.39, 0.29) is 21.1 Å². The summed E-state index contributed by atoms with van der Waals surface area (Å²) in [6.07, 6.45) is 8.52. The van der Waals surface area contributed by atoms with E-state index >= 15 is 0 Å². The van der Waals surface area contributed by atoms with Crippen molar-refractivity contribution in [3.05, 3.63) is 54.5 Å². The van der Waals surface area contributed by atoms with E-state index in [0.29, 0.717) is 6.54 Å². The second-order valence-electron chi connectivity index (χ2n) is 3.73. The van der Waals surface area contributed by atoms with Gasteiger partial charge in [0.1, 0.15) is 5.65 Å². The maximum atomic E-state index is 4.58. The summed E-state index contributed by atoms with van der Waals surface area (Å²) in [7, 11) is 0. The minimum absolute atomic E-state index is 0. The van der Waals surface area contributed by atoms with Gasteiger partial charge in [0.05, 0.1) is 5.69 Å². The van der Waals surface area contributed by atoms with Crippen LogP contribution in [0, 0.1) is 13.3 Å². The maximum absolute atomic E-state index is 4.58. The van der Waals surface area contributed by atoms with Crippen molar-refractivity contribution >= 4 is 5.65 Å². The molecule has 0 radical (unpaired) electrons. The zero-order valence-corrected chi connectivity index (χ0v) is 12.3. The summed E-state index contributed by atoms with van der Waals surface area (Å²) < 4.78 is 3.99. The molecule has 0 unspecified atom stereocenters. The average molecular weight is 395 g/mol. The van der Waals surface area contributed by atoms with Gasteiger partial charge in [0, 0.05) is 24.8 Å². The third kappa shape index (κ3) is 2.18. The molecule has 0 atom stereocenters. The van der Waals surface area contributed by atoms with Crippen LogP contribution in [0.3, 0.4) is 0 Å². The van der Waals surface area contributed by atoms with Gasteiger partial charge < -0.3 is 14.0 Å². The predicted octanol–water partition coefficient (Wildman–Crippen LogP) is 1.69. The summed E-state index contributed by atoms with van der Waals surface area (Å²) in [6.45, 7) is 2.79. The smallest absolute Gasteiger partial charge is 0.449 e. The Kier molecular flexibility index (Phi) is 3.43. The van der Waals surface area contributed by atoms with Gasteiger partial charge in [0.25, 0.3) is 0 Å². The summed E-state index contributed by atoms with van der Waals surface area (Å²) in [5.41, 5.74) is 3.20. The molecule has 0 fully saturated rings. The Balaban J connectivity index is 0.00000108. The number of fused-ring (bicyclic) bond motifs is 1. The Hall–Kier alpha value is -1.41. The molecule has 0 aliphatic heterocycles. The van der Waals surface area contributed by atoms with Crippen LogP contribution in [0.5, 0.6) is 0 Å². The van der Waals surface area contributed by atoms with Gasteiger partial charge in [0.2, 0.25) is 0 Å². The summed E-state index contributed by atoms with van der Waals surface area (Å²) in [4.78, 5) is 8.49. The molecule has 3 aromatic rings. The van der Waals surface area contributed by atoms with Crippen LogP contribution in [-0.2, 0) is 27.6 Å². The molecule has 3 rings (SSSR count). The Labute approximate surface area is 114 Å². The molecule has 3 aromatic heterocycles. The van der Waals surface area contributed by atoms with Crippen LogP contribution in [0.25, 0.3) is 5.65 Å². The molecule has 0 bridgehead atoms. The van der Waals surface area contributed by atoms with Crippen molar-refractivity contribution in [1.82, 2.24) is 18.9 Å². The molecule has 0 saturated carbocycles. The quantitative estimate of drug-likeness (QED) is 0.620. The van der Waals surface area contributed by atoms with Gasteiger partial charge in [-0.1, -0.05) is 6.07 Å². The van der Waals surface area contributed by atoms with Crippen LogP contribution in [0.2, 0.25) is 0 Å². The zero-order valence-electron chi connectivity index (χ0n) is 9.37. The van der Waals surface area contributed by atoms with Crippen LogP contribution in [0.15, 0.2) is 36.8 Å². The second-order valence-corrected chi connectivity index (χ2v) is 3.73. The van der Waals surface area contributed by atoms with Crippen molar-refractivity contribution in [3.63, 3.8) is 0 Å². The largest absolute Gasteiger partial charge is 2.00 e. The molecule has 0 aliphatic rings. The number of pyridine rings is 1. The molecular weight excluding hydrogens is 384 g/mol. The van der Waals surface area contributed by atoms with Gasteiger partial charge in [-0.3, -0.25) is 0 Å². The third-order valence-electron chi connectivity index (χ3n) is 2.69. The fourth-order valence-electron chi connectivity index (χ4n) is 1.82. The molecule has 4 nitrogen and oxygen atoms in total. The number of aryl methyl sites for hydroxylation is 1. The number of imidazole rings is 2. The Morgan fingerprint density at radius 3 is 2.88 bits per heavy atom. The molecule has 0 amide bonds. The first-order valence-electron chi connectivity index (χ1n) is 5.16. The minimum atomic E-state index is 0. The van der Waals surface area contributed by atoms with Gasteiger partial charge in [-0.25, -0.2) is 4.98 Å². The van der Waals surface area contributed by atoms with Crippen molar-refractivity contribution in [2.75, 3.05) is 0 Å². The van der Waals surface area contributed by atoms with Gasteiger partial charge in [-0.2, -0.15) is 0 Å².